The summed E-state index contributed by atoms with van der Waals surface area (Å²) in [4.78, 5) is 26.9. The number of nitrogens with zero attached hydrogens (tertiary/aromatic N) is 4. The summed E-state index contributed by atoms with van der Waals surface area (Å²) in [6, 6.07) is 3.37. The second kappa shape index (κ2) is 4.22. The van der Waals surface area contributed by atoms with Crippen LogP contribution in [0.2, 0.25) is 0 Å². The molecule has 3 aromatic rings. The molecule has 0 bridgehead atoms. The Bertz CT molecular complexity index is 797. The Morgan fingerprint density at radius 2 is 2.22 bits per heavy atom. The van der Waals surface area contributed by atoms with E-state index in [4.69, 9.17) is 4.42 Å². The van der Waals surface area contributed by atoms with Gasteiger partial charge >= 0.3 is 10.6 Å². The molecule has 0 aromatic carbocycles. The molecule has 0 N–H and O–H groups in total. The molecule has 0 unspecified atom stereocenters. The van der Waals surface area contributed by atoms with E-state index in [0.717, 1.165) is 11.3 Å². The van der Waals surface area contributed by atoms with Crippen molar-refractivity contribution in [3.63, 3.8) is 0 Å². The molecule has 0 radical (unpaired) electrons. The lowest BCUT2D eigenvalue weighted by Crippen LogP contribution is -2.22. The molecule has 0 spiro atoms. The lowest BCUT2D eigenvalue weighted by atomic mass is 10.4. The van der Waals surface area contributed by atoms with Gasteiger partial charge in [0.05, 0.1) is 13.1 Å². The van der Waals surface area contributed by atoms with E-state index in [2.05, 4.69) is 10.1 Å². The molecule has 3 rings (SSSR count). The van der Waals surface area contributed by atoms with Gasteiger partial charge in [-0.15, -0.1) is 0 Å². The van der Waals surface area contributed by atoms with Gasteiger partial charge in [-0.1, -0.05) is 11.3 Å². The minimum atomic E-state index is -0.480. The first-order chi connectivity index (χ1) is 8.75. The maximum atomic E-state index is 11.6. The Hall–Kier alpha value is -2.22. The fourth-order valence-corrected chi connectivity index (χ4v) is 2.19. The summed E-state index contributed by atoms with van der Waals surface area (Å²) in [6.07, 6.45) is 1.59. The summed E-state index contributed by atoms with van der Waals surface area (Å²) < 4.78 is 7.73. The van der Waals surface area contributed by atoms with Gasteiger partial charge in [0, 0.05) is 6.20 Å². The van der Waals surface area contributed by atoms with Crippen LogP contribution in [0.15, 0.2) is 37.8 Å². The third kappa shape index (κ3) is 1.76. The lowest BCUT2D eigenvalue weighted by Gasteiger charge is -2.00. The molecule has 0 saturated heterocycles. The quantitative estimate of drug-likeness (QED) is 0.679. The zero-order valence-electron chi connectivity index (χ0n) is 9.15. The molecule has 18 heavy (non-hydrogen) atoms. The molecule has 0 fully saturated rings. The molecule has 0 aliphatic carbocycles. The minimum absolute atomic E-state index is 0.149. The molecule has 3 heterocycles. The van der Waals surface area contributed by atoms with Crippen molar-refractivity contribution in [1.82, 2.24) is 19.3 Å². The van der Waals surface area contributed by atoms with Crippen molar-refractivity contribution < 1.29 is 4.42 Å². The Morgan fingerprint density at radius 1 is 1.33 bits per heavy atom. The van der Waals surface area contributed by atoms with E-state index in [1.807, 2.05) is 0 Å². The van der Waals surface area contributed by atoms with Crippen molar-refractivity contribution in [2.75, 3.05) is 0 Å². The smallest absolute Gasteiger partial charge is 0.406 e. The average molecular weight is 264 g/mol. The van der Waals surface area contributed by atoms with Crippen LogP contribution in [-0.2, 0) is 13.1 Å². The number of fused-ring (bicyclic) bond motifs is 1. The largest absolute Gasteiger partial charge is 0.421 e. The summed E-state index contributed by atoms with van der Waals surface area (Å²) in [7, 11) is 0. The van der Waals surface area contributed by atoms with Gasteiger partial charge in [0.1, 0.15) is 5.51 Å². The van der Waals surface area contributed by atoms with E-state index in [1.165, 1.54) is 14.8 Å². The monoisotopic (exact) mass is 264 g/mol. The summed E-state index contributed by atoms with van der Waals surface area (Å²) in [5.41, 5.74) is 2.38. The van der Waals surface area contributed by atoms with Crippen molar-refractivity contribution in [1.29, 1.82) is 0 Å². The molecule has 0 aliphatic rings. The van der Waals surface area contributed by atoms with Gasteiger partial charge in [0.25, 0.3) is 0 Å². The standard InChI is InChI=1S/C10H8N4O3S/c15-9-13(4-5-14-10(16)18-6-12-14)8-7(17-9)2-1-3-11-8/h1-3,6H,4-5H2. The maximum absolute atomic E-state index is 11.6. The Morgan fingerprint density at radius 3 is 3.00 bits per heavy atom. The van der Waals surface area contributed by atoms with Crippen LogP contribution in [0.25, 0.3) is 11.2 Å². The first-order valence-corrected chi connectivity index (χ1v) is 6.08. The predicted octanol–water partition coefficient (Wildman–Crippen LogP) is 0.308. The Balaban J connectivity index is 1.96. The minimum Gasteiger partial charge on any atom is -0.406 e. The maximum Gasteiger partial charge on any atom is 0.421 e. The van der Waals surface area contributed by atoms with Gasteiger partial charge in [0.15, 0.2) is 11.2 Å². The van der Waals surface area contributed by atoms with E-state index < -0.39 is 5.76 Å². The van der Waals surface area contributed by atoms with Crippen molar-refractivity contribution in [3.05, 3.63) is 44.1 Å². The average Bonchev–Trinajstić information content (AvgIpc) is 2.90. The first-order valence-electron chi connectivity index (χ1n) is 5.20. The molecule has 0 saturated carbocycles. The van der Waals surface area contributed by atoms with Crippen LogP contribution >= 0.6 is 11.3 Å². The van der Waals surface area contributed by atoms with Crippen LogP contribution in [0.3, 0.4) is 0 Å². The van der Waals surface area contributed by atoms with Gasteiger partial charge < -0.3 is 4.42 Å². The zero-order chi connectivity index (χ0) is 12.5. The lowest BCUT2D eigenvalue weighted by molar-refractivity contribution is 0.466. The first kappa shape index (κ1) is 10.9. The third-order valence-corrected chi connectivity index (χ3v) is 3.12. The van der Waals surface area contributed by atoms with Crippen molar-refractivity contribution in [2.24, 2.45) is 0 Å². The third-order valence-electron chi connectivity index (χ3n) is 2.51. The van der Waals surface area contributed by atoms with Crippen LogP contribution in [0.4, 0.5) is 0 Å². The number of oxazole rings is 1. The highest BCUT2D eigenvalue weighted by Crippen LogP contribution is 2.08. The van der Waals surface area contributed by atoms with Crippen molar-refractivity contribution in [2.45, 2.75) is 13.1 Å². The summed E-state index contributed by atoms with van der Waals surface area (Å²) in [5.74, 6) is -0.480. The Labute approximate surface area is 104 Å². The molecule has 0 amide bonds. The second-order valence-electron chi connectivity index (χ2n) is 3.57. The molecule has 0 atom stereocenters. The SMILES string of the molecule is O=c1scnn1CCn1c(=O)oc2cccnc21. The summed E-state index contributed by atoms with van der Waals surface area (Å²) in [6.45, 7) is 0.611. The van der Waals surface area contributed by atoms with Crippen LogP contribution in [0, 0.1) is 0 Å². The molecular formula is C10H8N4O3S. The Kier molecular flexibility index (Phi) is 2.56. The number of hydrogen-bond acceptors (Lipinski definition) is 6. The van der Waals surface area contributed by atoms with Crippen LogP contribution in [0.5, 0.6) is 0 Å². The highest BCUT2D eigenvalue weighted by Gasteiger charge is 2.10. The van der Waals surface area contributed by atoms with Gasteiger partial charge in [-0.25, -0.2) is 14.5 Å². The second-order valence-corrected chi connectivity index (χ2v) is 4.37. The molecule has 7 nitrogen and oxygen atoms in total. The number of hydrogen-bond donors (Lipinski definition) is 0. The highest BCUT2D eigenvalue weighted by atomic mass is 32.1. The molecule has 8 heteroatoms. The number of pyridine rings is 1. The fourth-order valence-electron chi connectivity index (χ4n) is 1.67. The number of rotatable bonds is 3. The van der Waals surface area contributed by atoms with Crippen molar-refractivity contribution in [3.8, 4) is 0 Å². The predicted molar refractivity (Wildman–Crippen MR) is 64.6 cm³/mol. The number of aryl methyl sites for hydroxylation is 2. The fraction of sp³-hybridized carbons (Fsp3) is 0.200. The van der Waals surface area contributed by atoms with Crippen molar-refractivity contribution >= 4 is 22.6 Å². The summed E-state index contributed by atoms with van der Waals surface area (Å²) in [5, 5.41) is 3.88. The van der Waals surface area contributed by atoms with E-state index in [9.17, 15) is 9.59 Å². The van der Waals surface area contributed by atoms with E-state index in [-0.39, 0.29) is 4.87 Å². The van der Waals surface area contributed by atoms with Gasteiger partial charge in [-0.2, -0.15) is 5.10 Å². The van der Waals surface area contributed by atoms with Gasteiger partial charge in [-0.3, -0.25) is 9.36 Å². The van der Waals surface area contributed by atoms with E-state index in [1.54, 1.807) is 18.3 Å². The van der Waals surface area contributed by atoms with Gasteiger partial charge in [-0.05, 0) is 12.1 Å². The zero-order valence-corrected chi connectivity index (χ0v) is 9.96. The van der Waals surface area contributed by atoms with Crippen LogP contribution < -0.4 is 10.6 Å². The molecule has 92 valence electrons. The van der Waals surface area contributed by atoms with E-state index >= 15 is 0 Å². The topological polar surface area (TPSA) is 82.9 Å². The summed E-state index contributed by atoms with van der Waals surface area (Å²) >= 11 is 1.02. The van der Waals surface area contributed by atoms with Gasteiger partial charge in [0.2, 0.25) is 0 Å². The van der Waals surface area contributed by atoms with E-state index in [0.29, 0.717) is 24.3 Å². The van der Waals surface area contributed by atoms with Crippen LogP contribution in [0.1, 0.15) is 0 Å². The number of aromatic nitrogens is 4. The normalized spacial score (nSPS) is 11.1. The molecule has 3 aromatic heterocycles. The molecular weight excluding hydrogens is 256 g/mol. The highest BCUT2D eigenvalue weighted by molar-refractivity contribution is 7.06. The molecule has 0 aliphatic heterocycles. The van der Waals surface area contributed by atoms with Crippen LogP contribution in [-0.4, -0.2) is 19.3 Å².